The number of unbranched alkanes of at least 4 members (excludes halogenated alkanes) is 2. The Hall–Kier alpha value is -3.17. The van der Waals surface area contributed by atoms with Crippen molar-refractivity contribution >= 4 is 23.4 Å². The zero-order valence-corrected chi connectivity index (χ0v) is 21.7. The number of benzene rings is 1. The summed E-state index contributed by atoms with van der Waals surface area (Å²) in [6, 6.07) is 13.7. The van der Waals surface area contributed by atoms with Gasteiger partial charge in [-0.3, -0.25) is 19.6 Å². The smallest absolute Gasteiger partial charge is 0.340 e. The number of nitrogens with one attached hydrogen (secondary N) is 2. The fourth-order valence-corrected chi connectivity index (χ4v) is 4.80. The maximum atomic E-state index is 13.2. The van der Waals surface area contributed by atoms with E-state index >= 15 is 0 Å². The van der Waals surface area contributed by atoms with Crippen LogP contribution in [-0.4, -0.2) is 72.3 Å². The third-order valence-electron chi connectivity index (χ3n) is 6.84. The number of rotatable bonds is 10. The van der Waals surface area contributed by atoms with E-state index in [2.05, 4.69) is 32.5 Å². The second-order valence-electron chi connectivity index (χ2n) is 9.70. The van der Waals surface area contributed by atoms with E-state index in [0.29, 0.717) is 6.67 Å². The Morgan fingerprint density at radius 1 is 1.06 bits per heavy atom. The van der Waals surface area contributed by atoms with E-state index in [0.717, 1.165) is 69.1 Å². The van der Waals surface area contributed by atoms with Gasteiger partial charge >= 0.3 is 6.03 Å². The molecule has 2 N–H and O–H groups in total. The predicted octanol–water partition coefficient (Wildman–Crippen LogP) is 3.36. The van der Waals surface area contributed by atoms with Crippen LogP contribution in [0.1, 0.15) is 51.6 Å². The number of anilines is 2. The summed E-state index contributed by atoms with van der Waals surface area (Å²) in [5, 5.41) is 4.79. The van der Waals surface area contributed by atoms with Gasteiger partial charge in [0.25, 0.3) is 0 Å². The first-order valence-corrected chi connectivity index (χ1v) is 13.1. The fraction of sp³-hybridized carbons (Fsp3) is 0.519. The van der Waals surface area contributed by atoms with Crippen molar-refractivity contribution in [2.24, 2.45) is 0 Å². The van der Waals surface area contributed by atoms with Gasteiger partial charge in [-0.05, 0) is 38.0 Å². The Balaban J connectivity index is 1.37. The molecule has 2 aromatic rings. The molecule has 194 valence electrons. The van der Waals surface area contributed by atoms with Gasteiger partial charge in [0.05, 0.1) is 18.6 Å². The van der Waals surface area contributed by atoms with Crippen LogP contribution < -0.4 is 20.5 Å². The Morgan fingerprint density at radius 3 is 2.42 bits per heavy atom. The molecule has 3 heterocycles. The first-order valence-electron chi connectivity index (χ1n) is 13.1. The fourth-order valence-electron chi connectivity index (χ4n) is 4.80. The van der Waals surface area contributed by atoms with Crippen molar-refractivity contribution in [3.8, 4) is 0 Å². The second kappa shape index (κ2) is 12.2. The van der Waals surface area contributed by atoms with E-state index in [9.17, 15) is 9.59 Å². The Bertz CT molecular complexity index is 991. The summed E-state index contributed by atoms with van der Waals surface area (Å²) in [5.74, 6) is 0.964. The third kappa shape index (κ3) is 5.96. The van der Waals surface area contributed by atoms with Gasteiger partial charge in [-0.2, -0.15) is 0 Å². The Labute approximate surface area is 214 Å². The van der Waals surface area contributed by atoms with Crippen molar-refractivity contribution in [3.05, 3.63) is 54.2 Å². The highest BCUT2D eigenvalue weighted by Gasteiger charge is 2.32. The summed E-state index contributed by atoms with van der Waals surface area (Å²) in [6.07, 6.45) is 5.03. The maximum absolute atomic E-state index is 13.2. The number of nitrogens with zero attached hydrogens (tertiary/aromatic N) is 5. The minimum atomic E-state index is -0.289. The summed E-state index contributed by atoms with van der Waals surface area (Å²) in [5.41, 5.74) is 4.93. The molecule has 1 unspecified atom stereocenters. The molecule has 0 bridgehead atoms. The summed E-state index contributed by atoms with van der Waals surface area (Å²) in [4.78, 5) is 36.7. The lowest BCUT2D eigenvalue weighted by Gasteiger charge is -2.39. The van der Waals surface area contributed by atoms with Crippen LogP contribution in [0.4, 0.5) is 16.3 Å². The molecule has 0 saturated carbocycles. The number of hydrogen-bond acceptors (Lipinski definition) is 6. The van der Waals surface area contributed by atoms with Crippen molar-refractivity contribution in [2.75, 3.05) is 49.2 Å². The topological polar surface area (TPSA) is 84.1 Å². The van der Waals surface area contributed by atoms with Gasteiger partial charge < -0.3 is 10.2 Å². The van der Waals surface area contributed by atoms with Gasteiger partial charge in [0.15, 0.2) is 0 Å². The molecular formula is C27H39N7O2. The quantitative estimate of drug-likeness (QED) is 0.494. The molecule has 2 saturated heterocycles. The summed E-state index contributed by atoms with van der Waals surface area (Å²) < 4.78 is 0. The van der Waals surface area contributed by atoms with Crippen LogP contribution in [0.25, 0.3) is 0 Å². The molecule has 1 aromatic carbocycles. The number of amides is 3. The average Bonchev–Trinajstić information content (AvgIpc) is 3.29. The molecule has 2 fully saturated rings. The van der Waals surface area contributed by atoms with Crippen LogP contribution in [0.15, 0.2) is 48.7 Å². The predicted molar refractivity (Wildman–Crippen MR) is 143 cm³/mol. The van der Waals surface area contributed by atoms with Crippen LogP contribution in [-0.2, 0) is 4.79 Å². The van der Waals surface area contributed by atoms with Gasteiger partial charge in [-0.25, -0.2) is 15.2 Å². The van der Waals surface area contributed by atoms with Gasteiger partial charge in [-0.15, -0.1) is 0 Å². The van der Waals surface area contributed by atoms with E-state index in [-0.39, 0.29) is 24.0 Å². The number of pyridine rings is 1. The molecule has 1 atom stereocenters. The zero-order chi connectivity index (χ0) is 25.5. The average molecular weight is 494 g/mol. The second-order valence-corrected chi connectivity index (χ2v) is 9.70. The van der Waals surface area contributed by atoms with Crippen molar-refractivity contribution in [1.82, 2.24) is 25.6 Å². The van der Waals surface area contributed by atoms with E-state index in [4.69, 9.17) is 0 Å². The normalized spacial score (nSPS) is 17.7. The summed E-state index contributed by atoms with van der Waals surface area (Å²) in [6.45, 7) is 10.4. The number of piperazine rings is 1. The van der Waals surface area contributed by atoms with Crippen LogP contribution in [0.3, 0.4) is 0 Å². The van der Waals surface area contributed by atoms with Crippen molar-refractivity contribution in [2.45, 2.75) is 52.1 Å². The third-order valence-corrected chi connectivity index (χ3v) is 6.84. The summed E-state index contributed by atoms with van der Waals surface area (Å²) in [7, 11) is 0. The molecular weight excluding hydrogens is 454 g/mol. The van der Waals surface area contributed by atoms with E-state index in [1.807, 2.05) is 56.3 Å². The molecule has 2 aliphatic heterocycles. The number of hydrazine groups is 1. The minimum Gasteiger partial charge on any atom is -0.354 e. The van der Waals surface area contributed by atoms with E-state index < -0.39 is 0 Å². The molecule has 2 aliphatic rings. The standard InChI is InChI=1S/C27H39N7O2/c1-4-5-9-14-28-26(35)25(22-10-7-6-8-11-22)32-17-15-31(16-18-32)24-13-12-23(19-29-24)33-20-30-34(21(2)3)27(33)36/h6-8,10-13,19,21,25,30H,4-5,9,14-18,20H2,1-3H3,(H,28,35). The highest BCUT2D eigenvalue weighted by molar-refractivity contribution is 5.93. The molecule has 9 heteroatoms. The molecule has 4 rings (SSSR count). The van der Waals surface area contributed by atoms with Gasteiger partial charge in [-0.1, -0.05) is 50.1 Å². The zero-order valence-electron chi connectivity index (χ0n) is 21.7. The van der Waals surface area contributed by atoms with Crippen LogP contribution >= 0.6 is 0 Å². The Kier molecular flexibility index (Phi) is 8.77. The van der Waals surface area contributed by atoms with Gasteiger partial charge in [0.1, 0.15) is 11.9 Å². The molecule has 1 aromatic heterocycles. The van der Waals surface area contributed by atoms with Crippen LogP contribution in [0.2, 0.25) is 0 Å². The maximum Gasteiger partial charge on any atom is 0.340 e. The first-order chi connectivity index (χ1) is 17.5. The van der Waals surface area contributed by atoms with Gasteiger partial charge in [0.2, 0.25) is 5.91 Å². The first kappa shape index (κ1) is 25.9. The molecule has 0 radical (unpaired) electrons. The minimum absolute atomic E-state index is 0.0620. The van der Waals surface area contributed by atoms with Crippen LogP contribution in [0.5, 0.6) is 0 Å². The van der Waals surface area contributed by atoms with Crippen molar-refractivity contribution < 1.29 is 9.59 Å². The largest absolute Gasteiger partial charge is 0.354 e. The summed E-state index contributed by atoms with van der Waals surface area (Å²) >= 11 is 0. The number of carbonyl (C=O) groups excluding carboxylic acids is 2. The molecule has 0 spiro atoms. The lowest BCUT2D eigenvalue weighted by molar-refractivity contribution is -0.126. The number of urea groups is 1. The Morgan fingerprint density at radius 2 is 1.81 bits per heavy atom. The lowest BCUT2D eigenvalue weighted by atomic mass is 10.0. The van der Waals surface area contributed by atoms with Crippen molar-refractivity contribution in [1.29, 1.82) is 0 Å². The monoisotopic (exact) mass is 493 g/mol. The van der Waals surface area contributed by atoms with Crippen molar-refractivity contribution in [3.63, 3.8) is 0 Å². The van der Waals surface area contributed by atoms with E-state index in [1.165, 1.54) is 0 Å². The number of carbonyl (C=O) groups is 2. The highest BCUT2D eigenvalue weighted by atomic mass is 16.2. The number of aromatic nitrogens is 1. The highest BCUT2D eigenvalue weighted by Crippen LogP contribution is 2.26. The molecule has 0 aliphatic carbocycles. The van der Waals surface area contributed by atoms with Crippen LogP contribution in [0, 0.1) is 0 Å². The SMILES string of the molecule is CCCCCNC(=O)C(c1ccccc1)N1CCN(c2ccc(N3CNN(C(C)C)C3=O)cn2)CC1. The molecule has 9 nitrogen and oxygen atoms in total. The molecule has 3 amide bonds. The number of hydrogen-bond donors (Lipinski definition) is 2. The van der Waals surface area contributed by atoms with E-state index in [1.54, 1.807) is 16.1 Å². The molecule has 36 heavy (non-hydrogen) atoms. The lowest BCUT2D eigenvalue weighted by Crippen LogP contribution is -2.51. The van der Waals surface area contributed by atoms with Gasteiger partial charge in [0, 0.05) is 38.8 Å².